The number of hydrogen-bond acceptors (Lipinski definition) is 2. The van der Waals surface area contributed by atoms with Gasteiger partial charge < -0.3 is 5.73 Å². The number of nitrogen functional groups attached to an aromatic ring is 1. The summed E-state index contributed by atoms with van der Waals surface area (Å²) in [5.41, 5.74) is 6.38. The van der Waals surface area contributed by atoms with Crippen molar-refractivity contribution in [1.82, 2.24) is 0 Å². The van der Waals surface area contributed by atoms with Crippen molar-refractivity contribution in [3.8, 4) is 0 Å². The monoisotopic (exact) mass is 217 g/mol. The molecule has 0 aliphatic carbocycles. The van der Waals surface area contributed by atoms with Crippen molar-refractivity contribution in [2.45, 2.75) is 0 Å². The highest BCUT2D eigenvalue weighted by molar-refractivity contribution is 7.18. The van der Waals surface area contributed by atoms with Crippen molar-refractivity contribution in [2.75, 3.05) is 5.73 Å². The Hall–Kier alpha value is -0.440. The third-order valence-electron chi connectivity index (χ3n) is 1.63. The molecule has 2 rings (SSSR count). The van der Waals surface area contributed by atoms with Crippen LogP contribution in [0.4, 0.5) is 5.69 Å². The number of hydrogen-bond donors (Lipinski definition) is 1. The summed E-state index contributed by atoms with van der Waals surface area (Å²) < 4.78 is 1.03. The average molecular weight is 218 g/mol. The number of thiophene rings is 1. The third kappa shape index (κ3) is 1.16. The molecule has 62 valence electrons. The van der Waals surface area contributed by atoms with E-state index in [0.29, 0.717) is 15.7 Å². The summed E-state index contributed by atoms with van der Waals surface area (Å²) in [6.45, 7) is 0. The minimum Gasteiger partial charge on any atom is -0.398 e. The molecule has 2 N–H and O–H groups in total. The molecule has 1 nitrogen and oxygen atoms in total. The Kier molecular flexibility index (Phi) is 1.91. The predicted octanol–water partition coefficient (Wildman–Crippen LogP) is 3.79. The SMILES string of the molecule is Nc1cc(Cl)cc2scc(Cl)c12. The van der Waals surface area contributed by atoms with Crippen LogP contribution in [-0.2, 0) is 0 Å². The maximum atomic E-state index is 5.92. The number of benzene rings is 1. The highest BCUT2D eigenvalue weighted by Crippen LogP contribution is 2.36. The lowest BCUT2D eigenvalue weighted by Gasteiger charge is -1.97. The van der Waals surface area contributed by atoms with Gasteiger partial charge in [0.05, 0.1) is 5.02 Å². The Bertz CT molecular complexity index is 436. The molecule has 0 fully saturated rings. The van der Waals surface area contributed by atoms with Crippen molar-refractivity contribution in [3.63, 3.8) is 0 Å². The molecule has 4 heteroatoms. The second kappa shape index (κ2) is 2.80. The van der Waals surface area contributed by atoms with Gasteiger partial charge in [-0.05, 0) is 12.1 Å². The highest BCUT2D eigenvalue weighted by Gasteiger charge is 2.06. The van der Waals surface area contributed by atoms with Gasteiger partial charge in [0.2, 0.25) is 0 Å². The van der Waals surface area contributed by atoms with E-state index in [1.165, 1.54) is 0 Å². The zero-order valence-corrected chi connectivity index (χ0v) is 8.30. The summed E-state index contributed by atoms with van der Waals surface area (Å²) in [4.78, 5) is 0. The predicted molar refractivity (Wildman–Crippen MR) is 56.3 cm³/mol. The zero-order valence-electron chi connectivity index (χ0n) is 5.97. The summed E-state index contributed by atoms with van der Waals surface area (Å²) in [5, 5.41) is 4.12. The Balaban J connectivity index is 2.93. The first kappa shape index (κ1) is 8.17. The molecule has 0 saturated heterocycles. The summed E-state index contributed by atoms with van der Waals surface area (Å²) in [6, 6.07) is 3.58. The van der Waals surface area contributed by atoms with Gasteiger partial charge in [-0.25, -0.2) is 0 Å². The first-order valence-electron chi connectivity index (χ1n) is 3.30. The van der Waals surface area contributed by atoms with Gasteiger partial charge in [-0.1, -0.05) is 23.2 Å². The van der Waals surface area contributed by atoms with Crippen LogP contribution >= 0.6 is 34.5 Å². The molecule has 12 heavy (non-hydrogen) atoms. The van der Waals surface area contributed by atoms with Crippen molar-refractivity contribution >= 4 is 50.3 Å². The number of nitrogens with two attached hydrogens (primary N) is 1. The van der Waals surface area contributed by atoms with Crippen molar-refractivity contribution in [2.24, 2.45) is 0 Å². The fourth-order valence-electron chi connectivity index (χ4n) is 1.12. The Morgan fingerprint density at radius 2 is 2.00 bits per heavy atom. The van der Waals surface area contributed by atoms with Crippen molar-refractivity contribution in [3.05, 3.63) is 27.6 Å². The molecule has 1 aromatic carbocycles. The molecule has 0 saturated carbocycles. The van der Waals surface area contributed by atoms with E-state index >= 15 is 0 Å². The fraction of sp³-hybridized carbons (Fsp3) is 0. The van der Waals surface area contributed by atoms with Crippen LogP contribution in [0, 0.1) is 0 Å². The molecule has 2 aromatic rings. The van der Waals surface area contributed by atoms with Crippen LogP contribution in [0.1, 0.15) is 0 Å². The van der Waals surface area contributed by atoms with Gasteiger partial charge >= 0.3 is 0 Å². The van der Waals surface area contributed by atoms with E-state index < -0.39 is 0 Å². The van der Waals surface area contributed by atoms with Crippen LogP contribution in [0.5, 0.6) is 0 Å². The summed E-state index contributed by atoms with van der Waals surface area (Å²) in [6.07, 6.45) is 0. The number of fused-ring (bicyclic) bond motifs is 1. The normalized spacial score (nSPS) is 10.8. The van der Waals surface area contributed by atoms with E-state index in [9.17, 15) is 0 Å². The maximum Gasteiger partial charge on any atom is 0.0612 e. The Morgan fingerprint density at radius 3 is 2.75 bits per heavy atom. The minimum atomic E-state index is 0.642. The Labute approximate surface area is 83.7 Å². The first-order valence-corrected chi connectivity index (χ1v) is 4.94. The van der Waals surface area contributed by atoms with Gasteiger partial charge in [0, 0.05) is 26.2 Å². The lowest BCUT2D eigenvalue weighted by atomic mass is 10.2. The van der Waals surface area contributed by atoms with Crippen LogP contribution in [0.25, 0.3) is 10.1 Å². The van der Waals surface area contributed by atoms with Gasteiger partial charge in [-0.2, -0.15) is 0 Å². The quantitative estimate of drug-likeness (QED) is 0.669. The molecule has 0 aliphatic rings. The molecule has 0 unspecified atom stereocenters. The molecule has 0 atom stereocenters. The Morgan fingerprint density at radius 1 is 1.25 bits per heavy atom. The topological polar surface area (TPSA) is 26.0 Å². The molecule has 0 amide bonds. The lowest BCUT2D eigenvalue weighted by Crippen LogP contribution is -1.84. The zero-order chi connectivity index (χ0) is 8.72. The van der Waals surface area contributed by atoms with E-state index in [1.54, 1.807) is 17.4 Å². The van der Waals surface area contributed by atoms with E-state index in [4.69, 9.17) is 28.9 Å². The van der Waals surface area contributed by atoms with Crippen LogP contribution in [0.2, 0.25) is 10.0 Å². The summed E-state index contributed by atoms with van der Waals surface area (Å²) in [7, 11) is 0. The van der Waals surface area contributed by atoms with E-state index in [0.717, 1.165) is 10.1 Å². The molecule has 1 aromatic heterocycles. The van der Waals surface area contributed by atoms with Crippen molar-refractivity contribution < 1.29 is 0 Å². The number of anilines is 1. The van der Waals surface area contributed by atoms with Gasteiger partial charge in [-0.15, -0.1) is 11.3 Å². The van der Waals surface area contributed by atoms with Crippen molar-refractivity contribution in [1.29, 1.82) is 0 Å². The van der Waals surface area contributed by atoms with E-state index in [1.807, 2.05) is 11.4 Å². The molecular weight excluding hydrogens is 213 g/mol. The first-order chi connectivity index (χ1) is 5.68. The molecule has 0 aliphatic heterocycles. The molecular formula is C8H5Cl2NS. The van der Waals surface area contributed by atoms with Gasteiger partial charge in [0.1, 0.15) is 0 Å². The van der Waals surface area contributed by atoms with Gasteiger partial charge in [0.25, 0.3) is 0 Å². The molecule has 0 spiro atoms. The number of halogens is 2. The van der Waals surface area contributed by atoms with E-state index in [-0.39, 0.29) is 0 Å². The molecule has 0 bridgehead atoms. The van der Waals surface area contributed by atoms with Gasteiger partial charge in [0.15, 0.2) is 0 Å². The van der Waals surface area contributed by atoms with Crippen LogP contribution < -0.4 is 5.73 Å². The largest absolute Gasteiger partial charge is 0.398 e. The van der Waals surface area contributed by atoms with Gasteiger partial charge in [-0.3, -0.25) is 0 Å². The van der Waals surface area contributed by atoms with Crippen LogP contribution in [0.15, 0.2) is 17.5 Å². The highest BCUT2D eigenvalue weighted by atomic mass is 35.5. The standard InChI is InChI=1S/C8H5Cl2NS/c9-4-1-6(11)8-5(10)3-12-7(8)2-4/h1-3H,11H2. The third-order valence-corrected chi connectivity index (χ3v) is 3.20. The van der Waals surface area contributed by atoms with Crippen LogP contribution in [-0.4, -0.2) is 0 Å². The second-order valence-electron chi connectivity index (χ2n) is 2.45. The minimum absolute atomic E-state index is 0.642. The second-order valence-corrected chi connectivity index (χ2v) is 4.21. The smallest absolute Gasteiger partial charge is 0.0612 e. The van der Waals surface area contributed by atoms with E-state index in [2.05, 4.69) is 0 Å². The summed E-state index contributed by atoms with van der Waals surface area (Å²) >= 11 is 13.3. The number of rotatable bonds is 0. The average Bonchev–Trinajstić information content (AvgIpc) is 2.31. The lowest BCUT2D eigenvalue weighted by molar-refractivity contribution is 1.80. The maximum absolute atomic E-state index is 5.92. The fourth-order valence-corrected chi connectivity index (χ4v) is 2.71. The molecule has 0 radical (unpaired) electrons. The molecule has 1 heterocycles. The summed E-state index contributed by atoms with van der Waals surface area (Å²) in [5.74, 6) is 0. The van der Waals surface area contributed by atoms with Crippen LogP contribution in [0.3, 0.4) is 0 Å².